The fourth-order valence-corrected chi connectivity index (χ4v) is 2.17. The molecule has 0 radical (unpaired) electrons. The van der Waals surface area contributed by atoms with Crippen LogP contribution in [-0.2, 0) is 9.53 Å². The summed E-state index contributed by atoms with van der Waals surface area (Å²) in [7, 11) is 2.91. The minimum Gasteiger partial charge on any atom is -0.437 e. The van der Waals surface area contributed by atoms with Crippen LogP contribution in [0, 0.1) is 6.92 Å². The van der Waals surface area contributed by atoms with Crippen LogP contribution in [0.15, 0.2) is 36.4 Å². The molecule has 0 unspecified atom stereocenters. The molecule has 0 aliphatic carbocycles. The predicted molar refractivity (Wildman–Crippen MR) is 91.7 cm³/mol. The summed E-state index contributed by atoms with van der Waals surface area (Å²) in [6.45, 7) is 7.07. The lowest BCUT2D eigenvalue weighted by atomic mass is 10.0. The monoisotopic (exact) mass is 329 g/mol. The van der Waals surface area contributed by atoms with Gasteiger partial charge in [-0.15, -0.1) is 0 Å². The van der Waals surface area contributed by atoms with Crippen LogP contribution in [0.1, 0.15) is 12.5 Å². The standard InChI is InChI=1S/C18H19NO5/c1-10(2)17(20)24-16-12-7-6-11(3)8-13(12)15(9-14(16)19-4)23-18(21)22-5/h6-9,19H,1H2,2-5H3. The van der Waals surface area contributed by atoms with Gasteiger partial charge in [0.05, 0.1) is 12.8 Å². The second kappa shape index (κ2) is 7.04. The molecule has 0 aliphatic rings. The number of hydrogen-bond donors (Lipinski definition) is 1. The molecule has 0 atom stereocenters. The Hall–Kier alpha value is -3.02. The number of esters is 1. The van der Waals surface area contributed by atoms with E-state index in [-0.39, 0.29) is 5.57 Å². The van der Waals surface area contributed by atoms with Crippen LogP contribution in [0.25, 0.3) is 10.8 Å². The number of anilines is 1. The van der Waals surface area contributed by atoms with Crippen molar-refractivity contribution >= 4 is 28.6 Å². The Morgan fingerprint density at radius 2 is 1.83 bits per heavy atom. The number of nitrogens with one attached hydrogen (secondary N) is 1. The van der Waals surface area contributed by atoms with Gasteiger partial charge in [0, 0.05) is 29.5 Å². The Labute approximate surface area is 140 Å². The third-order valence-corrected chi connectivity index (χ3v) is 3.38. The van der Waals surface area contributed by atoms with Crippen molar-refractivity contribution < 1.29 is 23.8 Å². The minimum absolute atomic E-state index is 0.284. The van der Waals surface area contributed by atoms with Gasteiger partial charge in [0.2, 0.25) is 0 Å². The Balaban J connectivity index is 2.69. The third kappa shape index (κ3) is 3.48. The molecule has 126 valence electrons. The van der Waals surface area contributed by atoms with Gasteiger partial charge in [0.25, 0.3) is 0 Å². The normalized spacial score (nSPS) is 10.2. The van der Waals surface area contributed by atoms with Crippen molar-refractivity contribution in [2.45, 2.75) is 13.8 Å². The number of aryl methyl sites for hydroxylation is 1. The van der Waals surface area contributed by atoms with Gasteiger partial charge < -0.3 is 19.5 Å². The van der Waals surface area contributed by atoms with Gasteiger partial charge in [-0.1, -0.05) is 24.3 Å². The van der Waals surface area contributed by atoms with Gasteiger partial charge in [-0.05, 0) is 19.9 Å². The SMILES string of the molecule is C=C(C)C(=O)Oc1c(NC)cc(OC(=O)OC)c2cc(C)ccc12. The summed E-state index contributed by atoms with van der Waals surface area (Å²) >= 11 is 0. The maximum atomic E-state index is 11.9. The van der Waals surface area contributed by atoms with E-state index in [2.05, 4.69) is 16.6 Å². The van der Waals surface area contributed by atoms with Crippen molar-refractivity contribution in [1.29, 1.82) is 0 Å². The van der Waals surface area contributed by atoms with E-state index in [1.807, 2.05) is 19.1 Å². The lowest BCUT2D eigenvalue weighted by Gasteiger charge is -2.16. The highest BCUT2D eigenvalue weighted by Gasteiger charge is 2.19. The molecule has 0 amide bonds. The molecule has 0 saturated carbocycles. The van der Waals surface area contributed by atoms with E-state index in [1.54, 1.807) is 26.1 Å². The summed E-state index contributed by atoms with van der Waals surface area (Å²) in [4.78, 5) is 23.4. The number of carbonyl (C=O) groups is 2. The molecule has 0 spiro atoms. The fourth-order valence-electron chi connectivity index (χ4n) is 2.17. The van der Waals surface area contributed by atoms with E-state index in [0.717, 1.165) is 5.56 Å². The molecule has 2 rings (SSSR count). The van der Waals surface area contributed by atoms with E-state index in [1.165, 1.54) is 7.11 Å². The molecule has 6 heteroatoms. The molecule has 0 heterocycles. The topological polar surface area (TPSA) is 73.9 Å². The van der Waals surface area contributed by atoms with Crippen LogP contribution in [0.3, 0.4) is 0 Å². The Kier molecular flexibility index (Phi) is 5.08. The van der Waals surface area contributed by atoms with Crippen LogP contribution in [0.5, 0.6) is 11.5 Å². The lowest BCUT2D eigenvalue weighted by molar-refractivity contribution is -0.129. The summed E-state index contributed by atoms with van der Waals surface area (Å²) in [5.41, 5.74) is 1.75. The predicted octanol–water partition coefficient (Wildman–Crippen LogP) is 3.82. The largest absolute Gasteiger partial charge is 0.513 e. The average Bonchev–Trinajstić information content (AvgIpc) is 2.56. The first-order valence-electron chi connectivity index (χ1n) is 7.26. The summed E-state index contributed by atoms with van der Waals surface area (Å²) in [5, 5.41) is 4.19. The molecule has 0 saturated heterocycles. The molecule has 1 N–H and O–H groups in total. The van der Waals surface area contributed by atoms with E-state index < -0.39 is 12.1 Å². The quantitative estimate of drug-likeness (QED) is 0.398. The van der Waals surface area contributed by atoms with Gasteiger partial charge >= 0.3 is 12.1 Å². The van der Waals surface area contributed by atoms with E-state index in [0.29, 0.717) is 28.0 Å². The first kappa shape index (κ1) is 17.3. The molecule has 6 nitrogen and oxygen atoms in total. The van der Waals surface area contributed by atoms with Crippen molar-refractivity contribution in [3.05, 3.63) is 42.0 Å². The van der Waals surface area contributed by atoms with E-state index in [9.17, 15) is 9.59 Å². The fraction of sp³-hybridized carbons (Fsp3) is 0.222. The number of carbonyl (C=O) groups excluding carboxylic acids is 2. The molecule has 0 bridgehead atoms. The number of ether oxygens (including phenoxy) is 3. The van der Waals surface area contributed by atoms with Crippen molar-refractivity contribution in [3.63, 3.8) is 0 Å². The zero-order chi connectivity index (χ0) is 17.9. The van der Waals surface area contributed by atoms with Crippen molar-refractivity contribution in [1.82, 2.24) is 0 Å². The Morgan fingerprint density at radius 3 is 2.42 bits per heavy atom. The first-order chi connectivity index (χ1) is 11.4. The zero-order valence-corrected chi connectivity index (χ0v) is 14.1. The maximum absolute atomic E-state index is 11.9. The maximum Gasteiger partial charge on any atom is 0.513 e. The minimum atomic E-state index is -0.827. The van der Waals surface area contributed by atoms with Crippen LogP contribution >= 0.6 is 0 Å². The Morgan fingerprint density at radius 1 is 1.12 bits per heavy atom. The summed E-state index contributed by atoms with van der Waals surface area (Å²) in [5.74, 6) is 0.118. The molecule has 0 fully saturated rings. The molecular weight excluding hydrogens is 310 g/mol. The van der Waals surface area contributed by atoms with Crippen molar-refractivity contribution in [2.24, 2.45) is 0 Å². The average molecular weight is 329 g/mol. The Bertz CT molecular complexity index is 826. The molecule has 0 aliphatic heterocycles. The van der Waals surface area contributed by atoms with Gasteiger partial charge in [-0.3, -0.25) is 0 Å². The summed E-state index contributed by atoms with van der Waals surface area (Å²) < 4.78 is 15.2. The highest BCUT2D eigenvalue weighted by atomic mass is 16.7. The summed E-state index contributed by atoms with van der Waals surface area (Å²) in [6.07, 6.45) is -0.827. The molecular formula is C18H19NO5. The van der Waals surface area contributed by atoms with E-state index in [4.69, 9.17) is 9.47 Å². The highest BCUT2D eigenvalue weighted by Crippen LogP contribution is 2.40. The van der Waals surface area contributed by atoms with Crippen LogP contribution in [-0.4, -0.2) is 26.3 Å². The molecule has 0 aromatic heterocycles. The third-order valence-electron chi connectivity index (χ3n) is 3.38. The highest BCUT2D eigenvalue weighted by molar-refractivity contribution is 6.02. The van der Waals surface area contributed by atoms with Crippen LogP contribution in [0.2, 0.25) is 0 Å². The first-order valence-corrected chi connectivity index (χ1v) is 7.26. The molecule has 2 aromatic carbocycles. The summed E-state index contributed by atoms with van der Waals surface area (Å²) in [6, 6.07) is 7.10. The van der Waals surface area contributed by atoms with Crippen LogP contribution in [0.4, 0.5) is 10.5 Å². The van der Waals surface area contributed by atoms with Gasteiger partial charge in [0.1, 0.15) is 5.75 Å². The van der Waals surface area contributed by atoms with Gasteiger partial charge in [0.15, 0.2) is 5.75 Å². The number of fused-ring (bicyclic) bond motifs is 1. The van der Waals surface area contributed by atoms with Crippen molar-refractivity contribution in [3.8, 4) is 11.5 Å². The smallest absolute Gasteiger partial charge is 0.437 e. The van der Waals surface area contributed by atoms with E-state index >= 15 is 0 Å². The van der Waals surface area contributed by atoms with Gasteiger partial charge in [-0.25, -0.2) is 9.59 Å². The second-order valence-electron chi connectivity index (χ2n) is 5.28. The number of methoxy groups -OCH3 is 1. The molecule has 2 aromatic rings. The van der Waals surface area contributed by atoms with Crippen molar-refractivity contribution in [2.75, 3.05) is 19.5 Å². The zero-order valence-electron chi connectivity index (χ0n) is 14.1. The van der Waals surface area contributed by atoms with Crippen LogP contribution < -0.4 is 14.8 Å². The number of rotatable bonds is 4. The lowest BCUT2D eigenvalue weighted by Crippen LogP contribution is -2.11. The second-order valence-corrected chi connectivity index (χ2v) is 5.28. The number of hydrogen-bond acceptors (Lipinski definition) is 6. The molecule has 24 heavy (non-hydrogen) atoms. The number of benzene rings is 2. The van der Waals surface area contributed by atoms with Gasteiger partial charge in [-0.2, -0.15) is 0 Å².